The Morgan fingerprint density at radius 3 is 2.37 bits per heavy atom. The lowest BCUT2D eigenvalue weighted by atomic mass is 10.0. The van der Waals surface area contributed by atoms with Crippen LogP contribution in [0.2, 0.25) is 0 Å². The third kappa shape index (κ3) is 7.64. The first kappa shape index (κ1) is 16.6. The highest BCUT2D eigenvalue weighted by atomic mass is 32.2. The zero-order chi connectivity index (χ0) is 14.1. The summed E-state index contributed by atoms with van der Waals surface area (Å²) >= 11 is 1.98. The summed E-state index contributed by atoms with van der Waals surface area (Å²) in [6, 6.07) is 9.52. The molecule has 0 aliphatic rings. The molecule has 0 aliphatic carbocycles. The van der Waals surface area contributed by atoms with E-state index < -0.39 is 0 Å². The lowest BCUT2D eigenvalue weighted by Crippen LogP contribution is -2.32. The largest absolute Gasteiger partial charge is 0.313 e. The van der Waals surface area contributed by atoms with Gasteiger partial charge in [0.15, 0.2) is 0 Å². The van der Waals surface area contributed by atoms with Crippen LogP contribution in [0.3, 0.4) is 0 Å². The van der Waals surface area contributed by atoms with Gasteiger partial charge in [-0.3, -0.25) is 0 Å². The second kappa shape index (κ2) is 9.44. The van der Waals surface area contributed by atoms with Gasteiger partial charge in [-0.15, -0.1) is 11.8 Å². The first-order chi connectivity index (χ1) is 9.11. The molecule has 2 heteroatoms. The van der Waals surface area contributed by atoms with Crippen molar-refractivity contribution in [2.45, 2.75) is 57.9 Å². The van der Waals surface area contributed by atoms with Gasteiger partial charge in [0.05, 0.1) is 0 Å². The molecular weight excluding hydrogens is 250 g/mol. The second-order valence-electron chi connectivity index (χ2n) is 5.75. The Hall–Kier alpha value is -0.470. The number of hydrogen-bond acceptors (Lipinski definition) is 2. The molecule has 1 aromatic rings. The van der Waals surface area contributed by atoms with Crippen LogP contribution in [0.1, 0.15) is 45.6 Å². The Morgan fingerprint density at radius 2 is 1.79 bits per heavy atom. The summed E-state index contributed by atoms with van der Waals surface area (Å²) in [4.78, 5) is 1.39. The van der Waals surface area contributed by atoms with Crippen molar-refractivity contribution < 1.29 is 0 Å². The summed E-state index contributed by atoms with van der Waals surface area (Å²) in [5.74, 6) is 1.98. The predicted molar refractivity (Wildman–Crippen MR) is 88.1 cm³/mol. The fourth-order valence-electron chi connectivity index (χ4n) is 1.96. The predicted octanol–water partition coefficient (Wildman–Crippen LogP) is 4.89. The van der Waals surface area contributed by atoms with E-state index in [0.717, 1.165) is 12.5 Å². The molecule has 0 aromatic heterocycles. The highest BCUT2D eigenvalue weighted by Crippen LogP contribution is 2.21. The summed E-state index contributed by atoms with van der Waals surface area (Å²) < 4.78 is 0. The lowest BCUT2D eigenvalue weighted by molar-refractivity contribution is 0.456. The molecule has 0 bridgehead atoms. The zero-order valence-electron chi connectivity index (χ0n) is 12.9. The van der Waals surface area contributed by atoms with Gasteiger partial charge in [0.2, 0.25) is 0 Å². The fourth-order valence-corrected chi connectivity index (χ4v) is 2.97. The van der Waals surface area contributed by atoms with E-state index >= 15 is 0 Å². The van der Waals surface area contributed by atoms with Crippen molar-refractivity contribution in [1.29, 1.82) is 0 Å². The standard InChI is InChI=1S/C17H29NS/c1-5-12-18-16(9-6-14(2)3)13-19-17-10-7-15(4)8-11-17/h7-8,10-11,14,16,18H,5-6,9,12-13H2,1-4H3. The first-order valence-electron chi connectivity index (χ1n) is 7.54. The molecule has 0 fully saturated rings. The number of hydrogen-bond donors (Lipinski definition) is 1. The molecule has 108 valence electrons. The SMILES string of the molecule is CCCNC(CCC(C)C)CSc1ccc(C)cc1. The fraction of sp³-hybridized carbons (Fsp3) is 0.647. The minimum atomic E-state index is 0.647. The van der Waals surface area contributed by atoms with Gasteiger partial charge < -0.3 is 5.32 Å². The van der Waals surface area contributed by atoms with E-state index in [0.29, 0.717) is 6.04 Å². The zero-order valence-corrected chi connectivity index (χ0v) is 13.7. The average Bonchev–Trinajstić information content (AvgIpc) is 2.39. The molecule has 0 spiro atoms. The van der Waals surface area contributed by atoms with Crippen molar-refractivity contribution in [2.75, 3.05) is 12.3 Å². The Bertz CT molecular complexity index is 332. The molecule has 1 nitrogen and oxygen atoms in total. The molecule has 1 unspecified atom stereocenters. The van der Waals surface area contributed by atoms with E-state index in [4.69, 9.17) is 0 Å². The first-order valence-corrected chi connectivity index (χ1v) is 8.53. The van der Waals surface area contributed by atoms with Crippen molar-refractivity contribution >= 4 is 11.8 Å². The lowest BCUT2D eigenvalue weighted by Gasteiger charge is -2.19. The minimum absolute atomic E-state index is 0.647. The van der Waals surface area contributed by atoms with E-state index in [1.54, 1.807) is 0 Å². The Kier molecular flexibility index (Phi) is 8.24. The summed E-state index contributed by atoms with van der Waals surface area (Å²) in [5.41, 5.74) is 1.34. The van der Waals surface area contributed by atoms with Gasteiger partial charge in [-0.25, -0.2) is 0 Å². The minimum Gasteiger partial charge on any atom is -0.313 e. The van der Waals surface area contributed by atoms with Crippen LogP contribution in [-0.4, -0.2) is 18.3 Å². The maximum absolute atomic E-state index is 3.69. The van der Waals surface area contributed by atoms with Crippen molar-refractivity contribution in [1.82, 2.24) is 5.32 Å². The van der Waals surface area contributed by atoms with Crippen LogP contribution in [0.4, 0.5) is 0 Å². The molecule has 0 heterocycles. The smallest absolute Gasteiger partial charge is 0.0161 e. The maximum Gasteiger partial charge on any atom is 0.0161 e. The monoisotopic (exact) mass is 279 g/mol. The molecule has 0 saturated carbocycles. The van der Waals surface area contributed by atoms with Gasteiger partial charge in [0, 0.05) is 16.7 Å². The van der Waals surface area contributed by atoms with Crippen molar-refractivity contribution in [3.8, 4) is 0 Å². The summed E-state index contributed by atoms with van der Waals surface area (Å²) in [7, 11) is 0. The van der Waals surface area contributed by atoms with E-state index in [-0.39, 0.29) is 0 Å². The number of aryl methyl sites for hydroxylation is 1. The molecule has 19 heavy (non-hydrogen) atoms. The average molecular weight is 279 g/mol. The molecule has 1 N–H and O–H groups in total. The van der Waals surface area contributed by atoms with Crippen LogP contribution in [0.5, 0.6) is 0 Å². The number of rotatable bonds is 9. The second-order valence-corrected chi connectivity index (χ2v) is 6.84. The molecule has 0 radical (unpaired) electrons. The van der Waals surface area contributed by atoms with Gasteiger partial charge in [0.1, 0.15) is 0 Å². The van der Waals surface area contributed by atoms with Crippen LogP contribution >= 0.6 is 11.8 Å². The number of thioether (sulfide) groups is 1. The Morgan fingerprint density at radius 1 is 1.11 bits per heavy atom. The topological polar surface area (TPSA) is 12.0 Å². The molecule has 0 saturated heterocycles. The van der Waals surface area contributed by atoms with Crippen LogP contribution in [-0.2, 0) is 0 Å². The van der Waals surface area contributed by atoms with E-state index in [2.05, 4.69) is 57.3 Å². The van der Waals surface area contributed by atoms with Gasteiger partial charge >= 0.3 is 0 Å². The maximum atomic E-state index is 3.69. The quantitative estimate of drug-likeness (QED) is 0.646. The van der Waals surface area contributed by atoms with Gasteiger partial charge in [-0.05, 0) is 50.8 Å². The van der Waals surface area contributed by atoms with E-state index in [9.17, 15) is 0 Å². The summed E-state index contributed by atoms with van der Waals surface area (Å²) in [6.45, 7) is 10.1. The van der Waals surface area contributed by atoms with Crippen LogP contribution in [0.25, 0.3) is 0 Å². The van der Waals surface area contributed by atoms with Crippen molar-refractivity contribution in [2.24, 2.45) is 5.92 Å². The number of nitrogens with one attached hydrogen (secondary N) is 1. The molecular formula is C17H29NS. The molecule has 1 rings (SSSR count). The van der Waals surface area contributed by atoms with Crippen LogP contribution < -0.4 is 5.32 Å². The third-order valence-electron chi connectivity index (χ3n) is 3.25. The highest BCUT2D eigenvalue weighted by molar-refractivity contribution is 7.99. The molecule has 0 amide bonds. The molecule has 1 aromatic carbocycles. The van der Waals surface area contributed by atoms with Crippen LogP contribution in [0, 0.1) is 12.8 Å². The normalized spacial score (nSPS) is 12.9. The highest BCUT2D eigenvalue weighted by Gasteiger charge is 2.09. The van der Waals surface area contributed by atoms with Gasteiger partial charge in [-0.2, -0.15) is 0 Å². The van der Waals surface area contributed by atoms with Crippen molar-refractivity contribution in [3.63, 3.8) is 0 Å². The van der Waals surface area contributed by atoms with Crippen molar-refractivity contribution in [3.05, 3.63) is 29.8 Å². The summed E-state index contributed by atoms with van der Waals surface area (Å²) in [6.07, 6.45) is 3.82. The van der Waals surface area contributed by atoms with E-state index in [1.165, 1.54) is 35.5 Å². The Balaban J connectivity index is 2.39. The van der Waals surface area contributed by atoms with Gasteiger partial charge in [0.25, 0.3) is 0 Å². The van der Waals surface area contributed by atoms with E-state index in [1.807, 2.05) is 11.8 Å². The molecule has 1 atom stereocenters. The molecule has 0 aliphatic heterocycles. The third-order valence-corrected chi connectivity index (χ3v) is 4.42. The van der Waals surface area contributed by atoms with Gasteiger partial charge in [-0.1, -0.05) is 38.5 Å². The Labute approximate surface area is 123 Å². The summed E-state index contributed by atoms with van der Waals surface area (Å²) in [5, 5.41) is 3.69. The number of benzene rings is 1. The van der Waals surface area contributed by atoms with Crippen LogP contribution in [0.15, 0.2) is 29.2 Å².